The number of alkyl halides is 2. The molecule has 0 saturated carbocycles. The first kappa shape index (κ1) is 17.3. The van der Waals surface area contributed by atoms with Gasteiger partial charge in [-0.3, -0.25) is 4.79 Å². The molecule has 0 unspecified atom stereocenters. The summed E-state index contributed by atoms with van der Waals surface area (Å²) < 4.78 is 46.8. The largest absolute Gasteiger partial charge is 0.461 e. The molecule has 7 heteroatoms. The molecule has 3 nitrogen and oxygen atoms in total. The fourth-order valence-corrected chi connectivity index (χ4v) is 2.27. The third-order valence-corrected chi connectivity index (χ3v) is 3.64. The van der Waals surface area contributed by atoms with Crippen LogP contribution in [0.2, 0.25) is 0 Å². The summed E-state index contributed by atoms with van der Waals surface area (Å²) in [4.78, 5) is 11.8. The molecule has 0 aromatic heterocycles. The predicted octanol–water partition coefficient (Wildman–Crippen LogP) is 4.48. The van der Waals surface area contributed by atoms with Crippen molar-refractivity contribution in [3.8, 4) is 5.75 Å². The van der Waals surface area contributed by atoms with Crippen LogP contribution in [-0.2, 0) is 22.6 Å². The monoisotopic (exact) mass is 388 g/mol. The number of esters is 1. The first-order valence-corrected chi connectivity index (χ1v) is 7.36. The van der Waals surface area contributed by atoms with Crippen molar-refractivity contribution in [3.05, 3.63) is 63.9 Å². The molecule has 2 rings (SSSR count). The number of ether oxygens (including phenoxy) is 2. The molecule has 0 amide bonds. The number of hydrogen-bond donors (Lipinski definition) is 0. The van der Waals surface area contributed by atoms with Gasteiger partial charge in [-0.2, -0.15) is 8.78 Å². The summed E-state index contributed by atoms with van der Waals surface area (Å²) in [5.74, 6) is -0.853. The standard InChI is InChI=1S/C16H12BrF3O3/c17-14-8-12(18)4-3-11(14)9-22-15(21)7-10-1-5-13(6-2-10)23-16(19)20/h1-6,8,16H,7,9H2. The highest BCUT2D eigenvalue weighted by atomic mass is 79.9. The molecule has 0 atom stereocenters. The van der Waals surface area contributed by atoms with Gasteiger partial charge in [-0.15, -0.1) is 0 Å². The van der Waals surface area contributed by atoms with Crippen molar-refractivity contribution in [2.75, 3.05) is 0 Å². The van der Waals surface area contributed by atoms with Crippen molar-refractivity contribution in [3.63, 3.8) is 0 Å². The number of carbonyl (C=O) groups is 1. The van der Waals surface area contributed by atoms with Gasteiger partial charge >= 0.3 is 12.6 Å². The van der Waals surface area contributed by atoms with Crippen LogP contribution < -0.4 is 4.74 Å². The number of hydrogen-bond acceptors (Lipinski definition) is 3. The van der Waals surface area contributed by atoms with Gasteiger partial charge in [0.1, 0.15) is 18.2 Å². The Balaban J connectivity index is 1.87. The van der Waals surface area contributed by atoms with Gasteiger partial charge in [0, 0.05) is 10.0 Å². The predicted molar refractivity (Wildman–Crippen MR) is 80.7 cm³/mol. The van der Waals surface area contributed by atoms with Gasteiger partial charge in [0.05, 0.1) is 6.42 Å². The van der Waals surface area contributed by atoms with Crippen molar-refractivity contribution in [2.24, 2.45) is 0 Å². The molecule has 23 heavy (non-hydrogen) atoms. The number of rotatable bonds is 6. The van der Waals surface area contributed by atoms with E-state index in [1.165, 1.54) is 42.5 Å². The Bertz CT molecular complexity index is 675. The van der Waals surface area contributed by atoms with E-state index in [9.17, 15) is 18.0 Å². The highest BCUT2D eigenvalue weighted by Crippen LogP contribution is 2.19. The van der Waals surface area contributed by atoms with Crippen LogP contribution in [0.1, 0.15) is 11.1 Å². The molecule has 0 N–H and O–H groups in total. The van der Waals surface area contributed by atoms with Gasteiger partial charge in [0.25, 0.3) is 0 Å². The van der Waals surface area contributed by atoms with E-state index in [4.69, 9.17) is 4.74 Å². The third-order valence-electron chi connectivity index (χ3n) is 2.90. The molecule has 0 saturated heterocycles. The van der Waals surface area contributed by atoms with Crippen molar-refractivity contribution < 1.29 is 27.4 Å². The second kappa shape index (κ2) is 8.01. The second-order valence-electron chi connectivity index (χ2n) is 4.60. The van der Waals surface area contributed by atoms with E-state index in [-0.39, 0.29) is 18.8 Å². The Kier molecular flexibility index (Phi) is 6.04. The van der Waals surface area contributed by atoms with E-state index in [0.29, 0.717) is 15.6 Å². The number of benzene rings is 2. The van der Waals surface area contributed by atoms with Gasteiger partial charge < -0.3 is 9.47 Å². The van der Waals surface area contributed by atoms with Crippen LogP contribution in [0.3, 0.4) is 0 Å². The Labute approximate surface area is 139 Å². The smallest absolute Gasteiger partial charge is 0.387 e. The third kappa shape index (κ3) is 5.59. The zero-order valence-corrected chi connectivity index (χ0v) is 13.4. The summed E-state index contributed by atoms with van der Waals surface area (Å²) >= 11 is 3.19. The fourth-order valence-electron chi connectivity index (χ4n) is 1.80. The lowest BCUT2D eigenvalue weighted by atomic mass is 10.1. The molecule has 2 aromatic rings. The molecule has 0 fully saturated rings. The fraction of sp³-hybridized carbons (Fsp3) is 0.188. The normalized spacial score (nSPS) is 10.7. The molecular formula is C16H12BrF3O3. The van der Waals surface area contributed by atoms with E-state index in [2.05, 4.69) is 20.7 Å². The molecule has 0 heterocycles. The number of carbonyl (C=O) groups excluding carboxylic acids is 1. The minimum absolute atomic E-state index is 0.00618. The highest BCUT2D eigenvalue weighted by Gasteiger charge is 2.09. The molecule has 122 valence electrons. The van der Waals surface area contributed by atoms with Gasteiger partial charge in [-0.1, -0.05) is 34.1 Å². The zero-order chi connectivity index (χ0) is 16.8. The van der Waals surface area contributed by atoms with E-state index in [1.54, 1.807) is 0 Å². The summed E-state index contributed by atoms with van der Waals surface area (Å²) in [7, 11) is 0. The minimum Gasteiger partial charge on any atom is -0.461 e. The molecule has 0 bridgehead atoms. The average Bonchev–Trinajstić information content (AvgIpc) is 2.48. The molecule has 2 aromatic carbocycles. The SMILES string of the molecule is O=C(Cc1ccc(OC(F)F)cc1)OCc1ccc(F)cc1Br. The van der Waals surface area contributed by atoms with Crippen molar-refractivity contribution in [2.45, 2.75) is 19.6 Å². The molecule has 0 aliphatic carbocycles. The first-order chi connectivity index (χ1) is 10.9. The summed E-state index contributed by atoms with van der Waals surface area (Å²) in [5, 5.41) is 0. The highest BCUT2D eigenvalue weighted by molar-refractivity contribution is 9.10. The minimum atomic E-state index is -2.89. The van der Waals surface area contributed by atoms with Gasteiger partial charge in [-0.25, -0.2) is 4.39 Å². The summed E-state index contributed by atoms with van der Waals surface area (Å²) in [6.45, 7) is -2.88. The van der Waals surface area contributed by atoms with Crippen LogP contribution in [-0.4, -0.2) is 12.6 Å². The maximum atomic E-state index is 13.0. The molecular weight excluding hydrogens is 377 g/mol. The van der Waals surface area contributed by atoms with Crippen LogP contribution in [0, 0.1) is 5.82 Å². The second-order valence-corrected chi connectivity index (χ2v) is 5.45. The van der Waals surface area contributed by atoms with Gasteiger partial charge in [0.2, 0.25) is 0 Å². The van der Waals surface area contributed by atoms with E-state index < -0.39 is 18.4 Å². The zero-order valence-electron chi connectivity index (χ0n) is 11.8. The summed E-state index contributed by atoms with van der Waals surface area (Å²) in [6, 6.07) is 9.79. The Morgan fingerprint density at radius 2 is 1.83 bits per heavy atom. The lowest BCUT2D eigenvalue weighted by molar-refractivity contribution is -0.144. The first-order valence-electron chi connectivity index (χ1n) is 6.57. The van der Waals surface area contributed by atoms with E-state index >= 15 is 0 Å². The maximum absolute atomic E-state index is 13.0. The Hall–Kier alpha value is -2.02. The summed E-state index contributed by atoms with van der Waals surface area (Å²) in [5.41, 5.74) is 1.25. The number of halogens is 4. The Morgan fingerprint density at radius 1 is 1.13 bits per heavy atom. The quantitative estimate of drug-likeness (QED) is 0.684. The van der Waals surface area contributed by atoms with Crippen LogP contribution in [0.5, 0.6) is 5.75 Å². The van der Waals surface area contributed by atoms with Gasteiger partial charge in [-0.05, 0) is 29.8 Å². The van der Waals surface area contributed by atoms with Crippen LogP contribution in [0.25, 0.3) is 0 Å². The molecule has 0 spiro atoms. The lowest BCUT2D eigenvalue weighted by Crippen LogP contribution is -2.08. The van der Waals surface area contributed by atoms with Crippen molar-refractivity contribution in [1.82, 2.24) is 0 Å². The van der Waals surface area contributed by atoms with Crippen molar-refractivity contribution >= 4 is 21.9 Å². The average molecular weight is 389 g/mol. The lowest BCUT2D eigenvalue weighted by Gasteiger charge is -2.08. The molecule has 0 aliphatic heterocycles. The van der Waals surface area contributed by atoms with E-state index in [0.717, 1.165) is 0 Å². The van der Waals surface area contributed by atoms with Crippen molar-refractivity contribution in [1.29, 1.82) is 0 Å². The maximum Gasteiger partial charge on any atom is 0.387 e. The van der Waals surface area contributed by atoms with E-state index in [1.807, 2.05) is 0 Å². The Morgan fingerprint density at radius 3 is 2.43 bits per heavy atom. The summed E-state index contributed by atoms with van der Waals surface area (Å²) in [6.07, 6.45) is -0.00618. The van der Waals surface area contributed by atoms with Crippen LogP contribution in [0.15, 0.2) is 46.9 Å². The van der Waals surface area contributed by atoms with Crippen LogP contribution in [0.4, 0.5) is 13.2 Å². The van der Waals surface area contributed by atoms with Gasteiger partial charge in [0.15, 0.2) is 0 Å². The molecule has 0 aliphatic rings. The topological polar surface area (TPSA) is 35.5 Å². The molecule has 0 radical (unpaired) electrons. The van der Waals surface area contributed by atoms with Crippen LogP contribution >= 0.6 is 15.9 Å².